The summed E-state index contributed by atoms with van der Waals surface area (Å²) >= 11 is 0. The van der Waals surface area contributed by atoms with Crippen LogP contribution in [0.5, 0.6) is 5.88 Å². The van der Waals surface area contributed by atoms with Gasteiger partial charge in [0.25, 0.3) is 0 Å². The van der Waals surface area contributed by atoms with Crippen LogP contribution in [0.2, 0.25) is 0 Å². The van der Waals surface area contributed by atoms with Gasteiger partial charge in [0, 0.05) is 6.07 Å². The molecule has 0 aromatic carbocycles. The molecule has 0 radical (unpaired) electrons. The molecule has 0 saturated heterocycles. The maximum Gasteiger partial charge on any atom is 0.340 e. The van der Waals surface area contributed by atoms with Crippen LogP contribution in [0.3, 0.4) is 0 Å². The number of esters is 1. The van der Waals surface area contributed by atoms with Gasteiger partial charge in [-0.05, 0) is 20.8 Å². The number of methoxy groups -OCH3 is 1. The first kappa shape index (κ1) is 12.3. The van der Waals surface area contributed by atoms with Crippen LogP contribution in [0.25, 0.3) is 0 Å². The van der Waals surface area contributed by atoms with Crippen LogP contribution in [0.4, 0.5) is 5.69 Å². The van der Waals surface area contributed by atoms with Crippen molar-refractivity contribution < 1.29 is 14.3 Å². The number of pyridine rings is 1. The first-order valence-electron chi connectivity index (χ1n) is 4.86. The molecule has 88 valence electrons. The summed E-state index contributed by atoms with van der Waals surface area (Å²) in [6.07, 6.45) is 1.38. The molecule has 1 aromatic heterocycles. The predicted octanol–water partition coefficient (Wildman–Crippen LogP) is 1.63. The van der Waals surface area contributed by atoms with Crippen LogP contribution in [-0.2, 0) is 4.74 Å². The number of anilines is 1. The van der Waals surface area contributed by atoms with Crippen LogP contribution in [0.1, 0.15) is 31.1 Å². The summed E-state index contributed by atoms with van der Waals surface area (Å²) in [5.74, 6) is -0.152. The standard InChI is InChI=1S/C11H16N2O3/c1-11(2,3)16-9-5-7(10(14)15-4)8(12)6-13-9/h5-6H,12H2,1-4H3. The molecule has 2 N–H and O–H groups in total. The Bertz CT molecular complexity index is 397. The highest BCUT2D eigenvalue weighted by Crippen LogP contribution is 2.20. The van der Waals surface area contributed by atoms with Gasteiger partial charge in [-0.25, -0.2) is 9.78 Å². The lowest BCUT2D eigenvalue weighted by Gasteiger charge is -2.20. The van der Waals surface area contributed by atoms with Crippen molar-refractivity contribution in [2.45, 2.75) is 26.4 Å². The van der Waals surface area contributed by atoms with Crippen molar-refractivity contribution in [3.05, 3.63) is 17.8 Å². The van der Waals surface area contributed by atoms with Gasteiger partial charge < -0.3 is 15.2 Å². The van der Waals surface area contributed by atoms with Crippen LogP contribution in [0.15, 0.2) is 12.3 Å². The maximum atomic E-state index is 11.4. The minimum Gasteiger partial charge on any atom is -0.472 e. The van der Waals surface area contributed by atoms with Gasteiger partial charge in [0.15, 0.2) is 0 Å². The molecule has 0 fully saturated rings. The number of aromatic nitrogens is 1. The highest BCUT2D eigenvalue weighted by molar-refractivity contribution is 5.95. The zero-order chi connectivity index (χ0) is 12.3. The lowest BCUT2D eigenvalue weighted by Crippen LogP contribution is -2.23. The molecule has 0 aliphatic rings. The minimum absolute atomic E-state index is 0.261. The molecule has 0 amide bonds. The second-order valence-electron chi connectivity index (χ2n) is 4.32. The van der Waals surface area contributed by atoms with Gasteiger partial charge in [-0.2, -0.15) is 0 Å². The van der Waals surface area contributed by atoms with Crippen molar-refractivity contribution in [3.63, 3.8) is 0 Å². The molecular formula is C11H16N2O3. The van der Waals surface area contributed by atoms with Crippen molar-refractivity contribution >= 4 is 11.7 Å². The Morgan fingerprint density at radius 2 is 2.06 bits per heavy atom. The average Bonchev–Trinajstić information content (AvgIpc) is 2.18. The van der Waals surface area contributed by atoms with E-state index in [9.17, 15) is 4.79 Å². The van der Waals surface area contributed by atoms with E-state index in [2.05, 4.69) is 9.72 Å². The molecule has 0 spiro atoms. The highest BCUT2D eigenvalue weighted by Gasteiger charge is 2.16. The number of rotatable bonds is 2. The fourth-order valence-electron chi connectivity index (χ4n) is 1.10. The van der Waals surface area contributed by atoms with Crippen molar-refractivity contribution in [3.8, 4) is 5.88 Å². The molecule has 1 rings (SSSR count). The number of ether oxygens (including phenoxy) is 2. The fourth-order valence-corrected chi connectivity index (χ4v) is 1.10. The predicted molar refractivity (Wildman–Crippen MR) is 60.4 cm³/mol. The van der Waals surface area contributed by atoms with Crippen LogP contribution in [0, 0.1) is 0 Å². The Morgan fingerprint density at radius 3 is 2.56 bits per heavy atom. The molecule has 5 heteroatoms. The van der Waals surface area contributed by atoms with E-state index in [1.165, 1.54) is 19.4 Å². The van der Waals surface area contributed by atoms with E-state index >= 15 is 0 Å². The molecule has 0 unspecified atom stereocenters. The number of hydrogen-bond donors (Lipinski definition) is 1. The minimum atomic E-state index is -0.501. The number of nitrogens with two attached hydrogens (primary N) is 1. The van der Waals surface area contributed by atoms with E-state index in [1.807, 2.05) is 20.8 Å². The van der Waals surface area contributed by atoms with Crippen molar-refractivity contribution in [1.82, 2.24) is 4.98 Å². The third kappa shape index (κ3) is 3.12. The fraction of sp³-hybridized carbons (Fsp3) is 0.455. The van der Waals surface area contributed by atoms with E-state index in [4.69, 9.17) is 10.5 Å². The number of hydrogen-bond acceptors (Lipinski definition) is 5. The van der Waals surface area contributed by atoms with E-state index in [0.717, 1.165) is 0 Å². The Balaban J connectivity index is 3.03. The molecule has 0 aliphatic carbocycles. The zero-order valence-corrected chi connectivity index (χ0v) is 9.90. The van der Waals surface area contributed by atoms with E-state index in [-0.39, 0.29) is 16.9 Å². The summed E-state index contributed by atoms with van der Waals surface area (Å²) in [5.41, 5.74) is 5.76. The molecule has 16 heavy (non-hydrogen) atoms. The van der Waals surface area contributed by atoms with Gasteiger partial charge in [-0.3, -0.25) is 0 Å². The normalized spacial score (nSPS) is 11.0. The Morgan fingerprint density at radius 1 is 1.44 bits per heavy atom. The SMILES string of the molecule is COC(=O)c1cc(OC(C)(C)C)ncc1N. The molecule has 1 aromatic rings. The molecular weight excluding hydrogens is 208 g/mol. The van der Waals surface area contributed by atoms with Gasteiger partial charge in [0.2, 0.25) is 5.88 Å². The molecule has 0 saturated carbocycles. The Hall–Kier alpha value is -1.78. The Kier molecular flexibility index (Phi) is 3.37. The van der Waals surface area contributed by atoms with Gasteiger partial charge in [0.05, 0.1) is 24.6 Å². The lowest BCUT2D eigenvalue weighted by atomic mass is 10.2. The average molecular weight is 224 g/mol. The third-order valence-electron chi connectivity index (χ3n) is 1.73. The van der Waals surface area contributed by atoms with Gasteiger partial charge >= 0.3 is 5.97 Å². The summed E-state index contributed by atoms with van der Waals surface area (Å²) < 4.78 is 10.1. The van der Waals surface area contributed by atoms with Crippen LogP contribution in [-0.4, -0.2) is 23.7 Å². The maximum absolute atomic E-state index is 11.4. The molecule has 0 bridgehead atoms. The Labute approximate surface area is 94.6 Å². The lowest BCUT2D eigenvalue weighted by molar-refractivity contribution is 0.0599. The smallest absolute Gasteiger partial charge is 0.340 e. The second kappa shape index (κ2) is 4.38. The van der Waals surface area contributed by atoms with Gasteiger partial charge in [0.1, 0.15) is 5.60 Å². The van der Waals surface area contributed by atoms with E-state index in [1.54, 1.807) is 0 Å². The van der Waals surface area contributed by atoms with E-state index < -0.39 is 5.97 Å². The molecule has 0 aliphatic heterocycles. The van der Waals surface area contributed by atoms with Crippen molar-refractivity contribution in [2.24, 2.45) is 0 Å². The zero-order valence-electron chi connectivity index (χ0n) is 9.90. The molecule has 1 heterocycles. The quantitative estimate of drug-likeness (QED) is 0.773. The van der Waals surface area contributed by atoms with Crippen LogP contribution >= 0.6 is 0 Å². The molecule has 0 atom stereocenters. The summed E-state index contributed by atoms with van der Waals surface area (Å²) in [6, 6.07) is 1.48. The van der Waals surface area contributed by atoms with E-state index in [0.29, 0.717) is 5.88 Å². The van der Waals surface area contributed by atoms with Crippen molar-refractivity contribution in [1.29, 1.82) is 0 Å². The largest absolute Gasteiger partial charge is 0.472 e. The monoisotopic (exact) mass is 224 g/mol. The summed E-state index contributed by atoms with van der Waals surface area (Å²) in [5, 5.41) is 0. The summed E-state index contributed by atoms with van der Waals surface area (Å²) in [7, 11) is 1.30. The third-order valence-corrected chi connectivity index (χ3v) is 1.73. The first-order valence-corrected chi connectivity index (χ1v) is 4.86. The second-order valence-corrected chi connectivity index (χ2v) is 4.32. The highest BCUT2D eigenvalue weighted by atomic mass is 16.5. The van der Waals surface area contributed by atoms with Gasteiger partial charge in [-0.1, -0.05) is 0 Å². The summed E-state index contributed by atoms with van der Waals surface area (Å²) in [4.78, 5) is 15.4. The molecule has 5 nitrogen and oxygen atoms in total. The number of nitrogens with zero attached hydrogens (tertiary/aromatic N) is 1. The topological polar surface area (TPSA) is 74.4 Å². The summed E-state index contributed by atoms with van der Waals surface area (Å²) in [6.45, 7) is 5.68. The number of carbonyl (C=O) groups excluding carboxylic acids is 1. The number of nitrogen functional groups attached to an aromatic ring is 1. The van der Waals surface area contributed by atoms with Gasteiger partial charge in [-0.15, -0.1) is 0 Å². The van der Waals surface area contributed by atoms with Crippen LogP contribution < -0.4 is 10.5 Å². The number of carbonyl (C=O) groups is 1. The first-order chi connectivity index (χ1) is 7.33. The van der Waals surface area contributed by atoms with Crippen molar-refractivity contribution in [2.75, 3.05) is 12.8 Å².